The summed E-state index contributed by atoms with van der Waals surface area (Å²) in [6.07, 6.45) is 7.74. The summed E-state index contributed by atoms with van der Waals surface area (Å²) in [5.74, 6) is 2.46. The third kappa shape index (κ3) is 3.41. The van der Waals surface area contributed by atoms with Gasteiger partial charge in [-0.3, -0.25) is 4.57 Å². The Bertz CT molecular complexity index is 710. The first kappa shape index (κ1) is 14.1. The number of nitrogens with zero attached hydrogens (tertiary/aromatic N) is 4. The Morgan fingerprint density at radius 2 is 2.05 bits per heavy atom. The van der Waals surface area contributed by atoms with E-state index in [9.17, 15) is 0 Å². The van der Waals surface area contributed by atoms with E-state index in [1.807, 2.05) is 29.0 Å². The second kappa shape index (κ2) is 6.71. The topological polar surface area (TPSA) is 64.9 Å². The molecule has 2 heterocycles. The third-order valence-electron chi connectivity index (χ3n) is 3.30. The van der Waals surface area contributed by atoms with Gasteiger partial charge in [0.2, 0.25) is 0 Å². The number of nitrogens with one attached hydrogen (secondary N) is 1. The molecule has 0 aliphatic heterocycles. The summed E-state index contributed by atoms with van der Waals surface area (Å²) in [6, 6.07) is 9.97. The summed E-state index contributed by atoms with van der Waals surface area (Å²) in [5.41, 5.74) is 1.25. The number of hydrogen-bond acceptors (Lipinski definition) is 5. The zero-order valence-electron chi connectivity index (χ0n) is 12.3. The highest BCUT2D eigenvalue weighted by molar-refractivity contribution is 5.40. The summed E-state index contributed by atoms with van der Waals surface area (Å²) in [4.78, 5) is 12.5. The molecule has 0 saturated heterocycles. The van der Waals surface area contributed by atoms with Gasteiger partial charge in [0.15, 0.2) is 0 Å². The lowest BCUT2D eigenvalue weighted by molar-refractivity contribution is 0.414. The molecule has 0 amide bonds. The molecule has 1 N–H and O–H groups in total. The van der Waals surface area contributed by atoms with E-state index in [0.29, 0.717) is 0 Å². The average molecular weight is 295 g/mol. The van der Waals surface area contributed by atoms with E-state index in [4.69, 9.17) is 4.74 Å². The van der Waals surface area contributed by atoms with Gasteiger partial charge in [-0.25, -0.2) is 15.0 Å². The van der Waals surface area contributed by atoms with Crippen LogP contribution in [0.25, 0.3) is 5.82 Å². The summed E-state index contributed by atoms with van der Waals surface area (Å²) in [5, 5.41) is 3.31. The van der Waals surface area contributed by atoms with Crippen LogP contribution in [0.1, 0.15) is 5.56 Å². The van der Waals surface area contributed by atoms with Crippen LogP contribution in [-0.2, 0) is 6.42 Å². The van der Waals surface area contributed by atoms with Crippen molar-refractivity contribution in [3.63, 3.8) is 0 Å². The van der Waals surface area contributed by atoms with Crippen LogP contribution in [0.2, 0.25) is 0 Å². The van der Waals surface area contributed by atoms with Crippen molar-refractivity contribution in [2.75, 3.05) is 19.0 Å². The standard InChI is InChI=1S/C16H17N5O/c1-22-14-4-2-13(3-5-14)6-7-18-15-10-16(20-11-19-15)21-9-8-17-12-21/h2-5,8-12H,6-7H2,1H3,(H,18,19,20). The Morgan fingerprint density at radius 3 is 2.77 bits per heavy atom. The van der Waals surface area contributed by atoms with Gasteiger partial charge >= 0.3 is 0 Å². The average Bonchev–Trinajstić information content (AvgIpc) is 3.10. The van der Waals surface area contributed by atoms with Gasteiger partial charge in [-0.05, 0) is 24.1 Å². The number of benzene rings is 1. The predicted molar refractivity (Wildman–Crippen MR) is 84.3 cm³/mol. The lowest BCUT2D eigenvalue weighted by atomic mass is 10.1. The molecule has 0 saturated carbocycles. The minimum Gasteiger partial charge on any atom is -0.497 e. The van der Waals surface area contributed by atoms with Crippen LogP contribution in [0.15, 0.2) is 55.4 Å². The largest absolute Gasteiger partial charge is 0.497 e. The van der Waals surface area contributed by atoms with Crippen LogP contribution in [0.4, 0.5) is 5.82 Å². The molecule has 0 aliphatic rings. The van der Waals surface area contributed by atoms with Gasteiger partial charge in [0, 0.05) is 25.0 Å². The van der Waals surface area contributed by atoms with Gasteiger partial charge in [0.05, 0.1) is 7.11 Å². The summed E-state index contributed by atoms with van der Waals surface area (Å²) in [6.45, 7) is 0.798. The van der Waals surface area contributed by atoms with Crippen molar-refractivity contribution in [2.45, 2.75) is 6.42 Å². The molecule has 112 valence electrons. The number of hydrogen-bond donors (Lipinski definition) is 1. The van der Waals surface area contributed by atoms with Crippen molar-refractivity contribution >= 4 is 5.82 Å². The van der Waals surface area contributed by atoms with E-state index in [0.717, 1.165) is 30.4 Å². The molecule has 22 heavy (non-hydrogen) atoms. The maximum Gasteiger partial charge on any atom is 0.143 e. The van der Waals surface area contributed by atoms with Crippen LogP contribution in [0.3, 0.4) is 0 Å². The molecule has 6 nitrogen and oxygen atoms in total. The molecule has 2 aromatic heterocycles. The minimum atomic E-state index is 0.791. The number of ether oxygens (including phenoxy) is 1. The Hall–Kier alpha value is -2.89. The maximum absolute atomic E-state index is 5.15. The Kier molecular flexibility index (Phi) is 4.29. The highest BCUT2D eigenvalue weighted by atomic mass is 16.5. The van der Waals surface area contributed by atoms with Gasteiger partial charge < -0.3 is 10.1 Å². The lowest BCUT2D eigenvalue weighted by Crippen LogP contribution is -2.07. The first-order valence-corrected chi connectivity index (χ1v) is 7.02. The summed E-state index contributed by atoms with van der Waals surface area (Å²) in [7, 11) is 1.67. The van der Waals surface area contributed by atoms with Crippen molar-refractivity contribution in [2.24, 2.45) is 0 Å². The molecule has 0 aliphatic carbocycles. The monoisotopic (exact) mass is 295 g/mol. The molecular formula is C16H17N5O. The van der Waals surface area contributed by atoms with Gasteiger partial charge in [0.25, 0.3) is 0 Å². The molecule has 0 unspecified atom stereocenters. The van der Waals surface area contributed by atoms with Crippen LogP contribution >= 0.6 is 0 Å². The molecule has 0 spiro atoms. The summed E-state index contributed by atoms with van der Waals surface area (Å²) < 4.78 is 7.00. The Morgan fingerprint density at radius 1 is 1.18 bits per heavy atom. The van der Waals surface area contributed by atoms with Crippen LogP contribution in [0.5, 0.6) is 5.75 Å². The quantitative estimate of drug-likeness (QED) is 0.756. The van der Waals surface area contributed by atoms with E-state index >= 15 is 0 Å². The molecule has 0 radical (unpaired) electrons. The second-order valence-corrected chi connectivity index (χ2v) is 4.76. The van der Waals surface area contributed by atoms with Crippen molar-refractivity contribution in [1.29, 1.82) is 0 Å². The van der Waals surface area contributed by atoms with Crippen molar-refractivity contribution in [3.8, 4) is 11.6 Å². The fraction of sp³-hybridized carbons (Fsp3) is 0.188. The number of anilines is 1. The fourth-order valence-electron chi connectivity index (χ4n) is 2.11. The molecule has 0 atom stereocenters. The molecule has 3 aromatic rings. The second-order valence-electron chi connectivity index (χ2n) is 4.76. The molecule has 0 fully saturated rings. The zero-order chi connectivity index (χ0) is 15.2. The maximum atomic E-state index is 5.15. The SMILES string of the molecule is COc1ccc(CCNc2cc(-n3ccnc3)ncn2)cc1. The molecule has 3 rings (SSSR count). The number of methoxy groups -OCH3 is 1. The normalized spacial score (nSPS) is 10.4. The highest BCUT2D eigenvalue weighted by Crippen LogP contribution is 2.12. The van der Waals surface area contributed by atoms with E-state index in [1.54, 1.807) is 26.0 Å². The zero-order valence-corrected chi connectivity index (χ0v) is 12.3. The van der Waals surface area contributed by atoms with Gasteiger partial charge in [-0.2, -0.15) is 0 Å². The first-order valence-electron chi connectivity index (χ1n) is 7.02. The molecule has 0 bridgehead atoms. The third-order valence-corrected chi connectivity index (χ3v) is 3.30. The summed E-state index contributed by atoms with van der Waals surface area (Å²) >= 11 is 0. The molecular weight excluding hydrogens is 278 g/mol. The van der Waals surface area contributed by atoms with Crippen LogP contribution in [-0.4, -0.2) is 33.2 Å². The van der Waals surface area contributed by atoms with Crippen molar-refractivity contribution < 1.29 is 4.74 Å². The van der Waals surface area contributed by atoms with Crippen molar-refractivity contribution in [3.05, 3.63) is 60.9 Å². The van der Waals surface area contributed by atoms with Crippen LogP contribution < -0.4 is 10.1 Å². The van der Waals surface area contributed by atoms with Crippen LogP contribution in [0, 0.1) is 0 Å². The molecule has 1 aromatic carbocycles. The first-order chi connectivity index (χ1) is 10.8. The van der Waals surface area contributed by atoms with Gasteiger partial charge in [0.1, 0.15) is 30.0 Å². The Balaban J connectivity index is 1.58. The fourth-order valence-corrected chi connectivity index (χ4v) is 2.11. The lowest BCUT2D eigenvalue weighted by Gasteiger charge is -2.08. The number of rotatable bonds is 6. The molecule has 6 heteroatoms. The highest BCUT2D eigenvalue weighted by Gasteiger charge is 2.01. The van der Waals surface area contributed by atoms with E-state index < -0.39 is 0 Å². The predicted octanol–water partition coefficient (Wildman–Crippen LogP) is 2.33. The smallest absolute Gasteiger partial charge is 0.143 e. The van der Waals surface area contributed by atoms with Crippen molar-refractivity contribution in [1.82, 2.24) is 19.5 Å². The van der Waals surface area contributed by atoms with E-state index in [1.165, 1.54) is 5.56 Å². The van der Waals surface area contributed by atoms with E-state index in [-0.39, 0.29) is 0 Å². The number of aromatic nitrogens is 4. The van der Waals surface area contributed by atoms with Gasteiger partial charge in [-0.1, -0.05) is 12.1 Å². The number of imidazole rings is 1. The van der Waals surface area contributed by atoms with E-state index in [2.05, 4.69) is 32.4 Å². The Labute approximate surface area is 128 Å². The van der Waals surface area contributed by atoms with Gasteiger partial charge in [-0.15, -0.1) is 0 Å². The minimum absolute atomic E-state index is 0.791.